The quantitative estimate of drug-likeness (QED) is 0.0255. The first-order valence-corrected chi connectivity index (χ1v) is 23.7. The molecule has 0 heterocycles. The molecule has 0 saturated carbocycles. The summed E-state index contributed by atoms with van der Waals surface area (Å²) in [5.74, 6) is -0.201. The summed E-state index contributed by atoms with van der Waals surface area (Å²) >= 11 is 0. The zero-order chi connectivity index (χ0) is 44.9. The minimum Gasteiger partial charge on any atom is -1.00 e. The van der Waals surface area contributed by atoms with E-state index in [4.69, 9.17) is 28.4 Å². The van der Waals surface area contributed by atoms with Gasteiger partial charge in [-0.05, 0) is 85.6 Å². The molecule has 346 valence electrons. The molecule has 3 rings (SSSR count). The summed E-state index contributed by atoms with van der Waals surface area (Å²) in [4.78, 5) is 36.7. The Balaban J connectivity index is 0.0000132. The number of carbonyl (C=O) groups excluding carboxylic acids is 3. The van der Waals surface area contributed by atoms with Crippen molar-refractivity contribution in [3.05, 3.63) is 72.8 Å². The van der Waals surface area contributed by atoms with Crippen LogP contribution in [0, 0.1) is 0 Å². The van der Waals surface area contributed by atoms with Crippen LogP contribution in [-0.4, -0.2) is 108 Å². The van der Waals surface area contributed by atoms with E-state index in [-0.39, 0.29) is 73.6 Å². The van der Waals surface area contributed by atoms with Crippen molar-refractivity contribution in [1.82, 2.24) is 0 Å². The Kier molecular flexibility index (Phi) is 22.6. The Hall–Kier alpha value is -4.55. The third-order valence-electron chi connectivity index (χ3n) is 9.31. The molecule has 0 aliphatic carbocycles. The predicted molar refractivity (Wildman–Crippen MR) is 216 cm³/mol. The van der Waals surface area contributed by atoms with Crippen LogP contribution >= 0.6 is 0 Å². The molecule has 0 saturated heterocycles. The maximum atomic E-state index is 12.6. The average Bonchev–Trinajstić information content (AvgIpc) is 3.18. The van der Waals surface area contributed by atoms with E-state index in [2.05, 4.69) is 6.92 Å². The summed E-state index contributed by atoms with van der Waals surface area (Å²) in [6.07, 6.45) is 7.12. The van der Waals surface area contributed by atoms with Crippen LogP contribution in [-0.2, 0) is 44.6 Å². The number of quaternary nitrogens is 1. The standard InChI is InChI=1S/C39H51NO18S3.ClH/c1-2-3-4-5-6-7-8-9-10-11-24-40(25-28-53-37(41)56-31-12-18-34(19-13-31)59(44,45)46,26-29-54-38(42)57-32-14-20-35(21-15-32)60(47,48)49)27-30-55-39(43)58-33-16-22-36(23-17-33)61(50,51)52;/h12-23H,2-11,24-30H2,1H3,(H2-,44,45,46,47,48,49,50,51,52);1H. The predicted octanol–water partition coefficient (Wildman–Crippen LogP) is 4.12. The number of unbranched alkanes of at least 4 members (excludes halogenated alkanes) is 9. The van der Waals surface area contributed by atoms with Crippen molar-refractivity contribution < 1.29 is 98.6 Å². The fraction of sp³-hybridized carbons (Fsp3) is 0.462. The van der Waals surface area contributed by atoms with Crippen LogP contribution in [0.5, 0.6) is 17.2 Å². The highest BCUT2D eigenvalue weighted by atomic mass is 35.5. The van der Waals surface area contributed by atoms with Gasteiger partial charge in [-0.2, -0.15) is 25.3 Å². The van der Waals surface area contributed by atoms with Crippen LogP contribution < -0.4 is 26.6 Å². The average molecular weight is 954 g/mol. The lowest BCUT2D eigenvalue weighted by atomic mass is 10.1. The van der Waals surface area contributed by atoms with Gasteiger partial charge in [-0.25, -0.2) is 14.4 Å². The van der Waals surface area contributed by atoms with Gasteiger partial charge in [-0.3, -0.25) is 13.7 Å². The third kappa shape index (κ3) is 20.5. The number of carbonyl (C=O) groups is 3. The molecule has 3 N–H and O–H groups in total. The van der Waals surface area contributed by atoms with Gasteiger partial charge in [0.15, 0.2) is 0 Å². The molecule has 3 aromatic carbocycles. The maximum Gasteiger partial charge on any atom is 0.514 e. The number of rotatable bonds is 26. The Morgan fingerprint density at radius 3 is 0.952 bits per heavy atom. The molecule has 0 atom stereocenters. The molecule has 0 amide bonds. The van der Waals surface area contributed by atoms with Crippen LogP contribution in [0.25, 0.3) is 0 Å². The van der Waals surface area contributed by atoms with Crippen molar-refractivity contribution >= 4 is 48.8 Å². The van der Waals surface area contributed by atoms with Gasteiger partial charge in [0.2, 0.25) is 0 Å². The lowest BCUT2D eigenvalue weighted by Crippen LogP contribution is -3.00. The topological polar surface area (TPSA) is 270 Å². The number of hydrogen-bond acceptors (Lipinski definition) is 15. The smallest absolute Gasteiger partial charge is 0.514 e. The molecule has 3 aromatic rings. The van der Waals surface area contributed by atoms with Gasteiger partial charge in [0, 0.05) is 0 Å². The molecule has 0 aliphatic rings. The fourth-order valence-corrected chi connectivity index (χ4v) is 7.43. The second-order valence-corrected chi connectivity index (χ2v) is 18.1. The Bertz CT molecular complexity index is 1960. The highest BCUT2D eigenvalue weighted by Crippen LogP contribution is 2.20. The molecule has 0 fully saturated rings. The Morgan fingerprint density at radius 2 is 0.694 bits per heavy atom. The summed E-state index contributed by atoms with van der Waals surface area (Å²) in [6.45, 7) is 2.17. The molecule has 0 aliphatic heterocycles. The summed E-state index contributed by atoms with van der Waals surface area (Å²) in [5, 5.41) is 0. The van der Waals surface area contributed by atoms with Gasteiger partial charge in [0.05, 0.1) is 21.2 Å². The van der Waals surface area contributed by atoms with Gasteiger partial charge in [0.1, 0.15) is 56.7 Å². The second-order valence-electron chi connectivity index (χ2n) is 13.9. The van der Waals surface area contributed by atoms with Gasteiger partial charge >= 0.3 is 18.5 Å². The molecule has 0 radical (unpaired) electrons. The maximum absolute atomic E-state index is 12.6. The van der Waals surface area contributed by atoms with Crippen LogP contribution in [0.3, 0.4) is 0 Å². The minimum atomic E-state index is -4.48. The van der Waals surface area contributed by atoms with Gasteiger partial charge < -0.3 is 45.3 Å². The summed E-state index contributed by atoms with van der Waals surface area (Å²) in [5.41, 5.74) is 0. The molecule has 0 bridgehead atoms. The number of benzene rings is 3. The van der Waals surface area contributed by atoms with Crippen LogP contribution in [0.4, 0.5) is 14.4 Å². The molecular weight excluding hydrogens is 902 g/mol. The molecule has 62 heavy (non-hydrogen) atoms. The van der Waals surface area contributed by atoms with E-state index >= 15 is 0 Å². The van der Waals surface area contributed by atoms with Gasteiger partial charge in [0.25, 0.3) is 30.4 Å². The first-order chi connectivity index (χ1) is 28.8. The van der Waals surface area contributed by atoms with Crippen molar-refractivity contribution in [3.63, 3.8) is 0 Å². The van der Waals surface area contributed by atoms with Crippen molar-refractivity contribution in [1.29, 1.82) is 0 Å². The highest BCUT2D eigenvalue weighted by molar-refractivity contribution is 7.86. The fourth-order valence-electron chi connectivity index (χ4n) is 5.99. The van der Waals surface area contributed by atoms with E-state index in [1.807, 2.05) is 0 Å². The molecule has 23 heteroatoms. The largest absolute Gasteiger partial charge is 1.00 e. The lowest BCUT2D eigenvalue weighted by Gasteiger charge is -2.38. The summed E-state index contributed by atoms with van der Waals surface area (Å²) in [7, 11) is -13.4. The normalized spacial score (nSPS) is 11.8. The molecule has 0 spiro atoms. The van der Waals surface area contributed by atoms with Crippen LogP contribution in [0.2, 0.25) is 0 Å². The first kappa shape index (κ1) is 53.6. The Morgan fingerprint density at radius 1 is 0.435 bits per heavy atom. The molecule has 0 unspecified atom stereocenters. The molecule has 0 aromatic heterocycles. The monoisotopic (exact) mass is 953 g/mol. The van der Waals surface area contributed by atoms with Crippen molar-refractivity contribution in [3.8, 4) is 17.2 Å². The van der Waals surface area contributed by atoms with Crippen molar-refractivity contribution in [2.24, 2.45) is 0 Å². The van der Waals surface area contributed by atoms with Crippen LogP contribution in [0.15, 0.2) is 87.5 Å². The van der Waals surface area contributed by atoms with E-state index in [1.165, 1.54) is 25.7 Å². The van der Waals surface area contributed by atoms with Crippen molar-refractivity contribution in [2.75, 3.05) is 46.0 Å². The number of hydrogen-bond donors (Lipinski definition) is 3. The van der Waals surface area contributed by atoms with Gasteiger partial charge in [-0.1, -0.05) is 58.3 Å². The van der Waals surface area contributed by atoms with Crippen LogP contribution in [0.1, 0.15) is 71.1 Å². The third-order valence-corrected chi connectivity index (χ3v) is 11.9. The van der Waals surface area contributed by atoms with E-state index in [0.717, 1.165) is 105 Å². The number of halogens is 1. The molecular formula is C39H52ClNO18S3. The van der Waals surface area contributed by atoms with Gasteiger partial charge in [-0.15, -0.1) is 0 Å². The zero-order valence-corrected chi connectivity index (χ0v) is 37.2. The Labute approximate surface area is 367 Å². The number of ether oxygens (including phenoxy) is 6. The van der Waals surface area contributed by atoms with Crippen molar-refractivity contribution in [2.45, 2.75) is 85.8 Å². The van der Waals surface area contributed by atoms with E-state index in [0.29, 0.717) is 13.0 Å². The van der Waals surface area contributed by atoms with E-state index in [9.17, 15) is 53.3 Å². The SMILES string of the molecule is CCCCCCCCCCCC[N+](CCOC(=O)Oc1ccc(S(=O)(=O)O)cc1)(CCOC(=O)Oc1ccc(S(=O)(=O)O)cc1)CCOC(=O)Oc1ccc(S(=O)(=O)O)cc1.[Cl-]. The highest BCUT2D eigenvalue weighted by Gasteiger charge is 2.29. The van der Waals surface area contributed by atoms with E-state index in [1.54, 1.807) is 0 Å². The molecule has 19 nitrogen and oxygen atoms in total. The summed E-state index contributed by atoms with van der Waals surface area (Å²) in [6, 6.07) is 13.1. The number of nitrogens with zero attached hydrogens (tertiary/aromatic N) is 1. The zero-order valence-electron chi connectivity index (χ0n) is 34.0. The second kappa shape index (κ2) is 26.2. The summed E-state index contributed by atoms with van der Waals surface area (Å²) < 4.78 is 127. The lowest BCUT2D eigenvalue weighted by molar-refractivity contribution is -0.928. The van der Waals surface area contributed by atoms with E-state index < -0.39 is 63.5 Å². The first-order valence-electron chi connectivity index (χ1n) is 19.4. The minimum absolute atomic E-state index is 0.